The van der Waals surface area contributed by atoms with Gasteiger partial charge in [0.15, 0.2) is 11.5 Å². The zero-order valence-electron chi connectivity index (χ0n) is 11.7. The Bertz CT molecular complexity index is 486. The third-order valence-electron chi connectivity index (χ3n) is 3.93. The molecule has 4 nitrogen and oxygen atoms in total. The molecule has 2 heterocycles. The van der Waals surface area contributed by atoms with Crippen LogP contribution in [-0.2, 0) is 6.42 Å². The predicted molar refractivity (Wildman–Crippen MR) is 78.3 cm³/mol. The Kier molecular flexibility index (Phi) is 4.22. The van der Waals surface area contributed by atoms with Gasteiger partial charge >= 0.3 is 0 Å². The number of methoxy groups -OCH3 is 1. The quantitative estimate of drug-likeness (QED) is 0.931. The zero-order chi connectivity index (χ0) is 13.9. The Morgan fingerprint density at radius 1 is 1.40 bits per heavy atom. The summed E-state index contributed by atoms with van der Waals surface area (Å²) in [5.41, 5.74) is 1.04. The molecule has 0 radical (unpaired) electrons. The van der Waals surface area contributed by atoms with Crippen molar-refractivity contribution in [3.63, 3.8) is 0 Å². The Balaban J connectivity index is 1.95. The fourth-order valence-corrected chi connectivity index (χ4v) is 3.29. The predicted octanol–water partition coefficient (Wildman–Crippen LogP) is 2.66. The van der Waals surface area contributed by atoms with Crippen molar-refractivity contribution in [2.24, 2.45) is 5.92 Å². The summed E-state index contributed by atoms with van der Waals surface area (Å²) >= 11 is 6.31. The van der Waals surface area contributed by atoms with Crippen molar-refractivity contribution < 1.29 is 14.2 Å². The summed E-state index contributed by atoms with van der Waals surface area (Å²) in [6.07, 6.45) is 3.34. The minimum Gasteiger partial charge on any atom is -0.495 e. The van der Waals surface area contributed by atoms with Gasteiger partial charge in [0, 0.05) is 11.6 Å². The second kappa shape index (κ2) is 6.10. The average Bonchev–Trinajstić information content (AvgIpc) is 2.48. The van der Waals surface area contributed by atoms with Gasteiger partial charge in [-0.3, -0.25) is 0 Å². The smallest absolute Gasteiger partial charge is 0.168 e. The van der Waals surface area contributed by atoms with Gasteiger partial charge in [-0.15, -0.1) is 0 Å². The first-order chi connectivity index (χ1) is 9.79. The lowest BCUT2D eigenvalue weighted by molar-refractivity contribution is 0.168. The SMILES string of the molecule is COc1c(Cl)cc2c(c1CC1CCCNC1)OCCO2. The van der Waals surface area contributed by atoms with Crippen molar-refractivity contribution in [1.82, 2.24) is 5.32 Å². The first-order valence-corrected chi connectivity index (χ1v) is 7.53. The molecule has 1 unspecified atom stereocenters. The molecule has 2 aliphatic rings. The molecule has 5 heteroatoms. The fraction of sp³-hybridized carbons (Fsp3) is 0.600. The molecular formula is C15H20ClNO3. The lowest BCUT2D eigenvalue weighted by Crippen LogP contribution is -2.31. The Hall–Kier alpha value is -1.13. The highest BCUT2D eigenvalue weighted by Crippen LogP contribution is 2.45. The van der Waals surface area contributed by atoms with Crippen LogP contribution in [0.2, 0.25) is 5.02 Å². The second-order valence-corrected chi connectivity index (χ2v) is 5.72. The second-order valence-electron chi connectivity index (χ2n) is 5.31. The number of benzene rings is 1. The zero-order valence-corrected chi connectivity index (χ0v) is 12.5. The van der Waals surface area contributed by atoms with E-state index in [-0.39, 0.29) is 0 Å². The van der Waals surface area contributed by atoms with Crippen LogP contribution in [-0.4, -0.2) is 33.4 Å². The van der Waals surface area contributed by atoms with Gasteiger partial charge in [0.05, 0.1) is 12.1 Å². The highest BCUT2D eigenvalue weighted by atomic mass is 35.5. The number of ether oxygens (including phenoxy) is 3. The summed E-state index contributed by atoms with van der Waals surface area (Å²) in [6, 6.07) is 1.79. The van der Waals surface area contributed by atoms with Crippen molar-refractivity contribution in [2.75, 3.05) is 33.4 Å². The van der Waals surface area contributed by atoms with E-state index in [0.717, 1.165) is 42.3 Å². The van der Waals surface area contributed by atoms with E-state index in [2.05, 4.69) is 5.32 Å². The third-order valence-corrected chi connectivity index (χ3v) is 4.21. The molecule has 110 valence electrons. The molecule has 2 aliphatic heterocycles. The number of rotatable bonds is 3. The summed E-state index contributed by atoms with van der Waals surface area (Å²) in [4.78, 5) is 0. The minimum atomic E-state index is 0.570. The van der Waals surface area contributed by atoms with Crippen LogP contribution in [0.4, 0.5) is 0 Å². The molecule has 1 aromatic carbocycles. The maximum atomic E-state index is 6.31. The maximum Gasteiger partial charge on any atom is 0.168 e. The van der Waals surface area contributed by atoms with Gasteiger partial charge in [0.2, 0.25) is 0 Å². The molecule has 1 aromatic rings. The minimum absolute atomic E-state index is 0.570. The van der Waals surface area contributed by atoms with E-state index in [9.17, 15) is 0 Å². The van der Waals surface area contributed by atoms with Crippen molar-refractivity contribution in [1.29, 1.82) is 0 Å². The first-order valence-electron chi connectivity index (χ1n) is 7.15. The first kappa shape index (κ1) is 13.8. The summed E-state index contributed by atoms with van der Waals surface area (Å²) in [6.45, 7) is 3.29. The van der Waals surface area contributed by atoms with Gasteiger partial charge in [0.1, 0.15) is 19.0 Å². The Morgan fingerprint density at radius 3 is 3.00 bits per heavy atom. The van der Waals surface area contributed by atoms with E-state index in [1.54, 1.807) is 13.2 Å². The van der Waals surface area contributed by atoms with Crippen LogP contribution in [0.15, 0.2) is 6.07 Å². The van der Waals surface area contributed by atoms with Gasteiger partial charge in [0.25, 0.3) is 0 Å². The van der Waals surface area contributed by atoms with E-state index in [4.69, 9.17) is 25.8 Å². The van der Waals surface area contributed by atoms with E-state index in [0.29, 0.717) is 24.2 Å². The summed E-state index contributed by atoms with van der Waals surface area (Å²) < 4.78 is 17.0. The number of piperidine rings is 1. The molecular weight excluding hydrogens is 278 g/mol. The Morgan fingerprint density at radius 2 is 2.25 bits per heavy atom. The van der Waals surface area contributed by atoms with E-state index in [1.807, 2.05) is 0 Å². The van der Waals surface area contributed by atoms with Gasteiger partial charge in [-0.2, -0.15) is 0 Å². The highest BCUT2D eigenvalue weighted by Gasteiger charge is 2.26. The summed E-state index contributed by atoms with van der Waals surface area (Å²) in [5, 5.41) is 4.03. The van der Waals surface area contributed by atoms with Crippen molar-refractivity contribution in [3.8, 4) is 17.2 Å². The summed E-state index contributed by atoms with van der Waals surface area (Å²) in [7, 11) is 1.65. The molecule has 3 rings (SSSR count). The topological polar surface area (TPSA) is 39.7 Å². The van der Waals surface area contributed by atoms with Gasteiger partial charge in [-0.05, 0) is 38.3 Å². The molecule has 1 saturated heterocycles. The van der Waals surface area contributed by atoms with E-state index >= 15 is 0 Å². The normalized spacial score (nSPS) is 21.6. The number of nitrogens with one attached hydrogen (secondary N) is 1. The van der Waals surface area contributed by atoms with Crippen LogP contribution in [0.5, 0.6) is 17.2 Å². The van der Waals surface area contributed by atoms with Gasteiger partial charge in [-0.25, -0.2) is 0 Å². The van der Waals surface area contributed by atoms with Crippen LogP contribution >= 0.6 is 11.6 Å². The van der Waals surface area contributed by atoms with Crippen LogP contribution < -0.4 is 19.5 Å². The van der Waals surface area contributed by atoms with Crippen LogP contribution in [0.1, 0.15) is 18.4 Å². The van der Waals surface area contributed by atoms with E-state index in [1.165, 1.54) is 12.8 Å². The highest BCUT2D eigenvalue weighted by molar-refractivity contribution is 6.32. The molecule has 1 N–H and O–H groups in total. The van der Waals surface area contributed by atoms with Crippen LogP contribution in [0.25, 0.3) is 0 Å². The molecule has 1 atom stereocenters. The third kappa shape index (κ3) is 2.67. The number of hydrogen-bond donors (Lipinski definition) is 1. The lowest BCUT2D eigenvalue weighted by Gasteiger charge is -2.27. The Labute approximate surface area is 124 Å². The molecule has 0 aromatic heterocycles. The number of halogens is 1. The summed E-state index contributed by atoms with van der Waals surface area (Å²) in [5.74, 6) is 2.86. The van der Waals surface area contributed by atoms with E-state index < -0.39 is 0 Å². The van der Waals surface area contributed by atoms with Crippen molar-refractivity contribution >= 4 is 11.6 Å². The number of fused-ring (bicyclic) bond motifs is 1. The largest absolute Gasteiger partial charge is 0.495 e. The van der Waals surface area contributed by atoms with Gasteiger partial charge < -0.3 is 19.5 Å². The molecule has 0 bridgehead atoms. The van der Waals surface area contributed by atoms with Crippen molar-refractivity contribution in [3.05, 3.63) is 16.7 Å². The fourth-order valence-electron chi connectivity index (χ4n) is 3.00. The van der Waals surface area contributed by atoms with Crippen molar-refractivity contribution in [2.45, 2.75) is 19.3 Å². The molecule has 0 spiro atoms. The molecule has 0 amide bonds. The molecule has 0 saturated carbocycles. The van der Waals surface area contributed by atoms with Crippen LogP contribution in [0, 0.1) is 5.92 Å². The standard InChI is InChI=1S/C15H20ClNO3/c1-18-14-11(7-10-3-2-4-17-9-10)15-13(8-12(14)16)19-5-6-20-15/h8,10,17H,2-7,9H2,1H3. The van der Waals surface area contributed by atoms with Crippen LogP contribution in [0.3, 0.4) is 0 Å². The lowest BCUT2D eigenvalue weighted by atomic mass is 9.91. The maximum absolute atomic E-state index is 6.31. The molecule has 0 aliphatic carbocycles. The average molecular weight is 298 g/mol. The molecule has 20 heavy (non-hydrogen) atoms. The number of hydrogen-bond acceptors (Lipinski definition) is 4. The monoisotopic (exact) mass is 297 g/mol. The van der Waals surface area contributed by atoms with Gasteiger partial charge in [-0.1, -0.05) is 11.6 Å². The molecule has 1 fully saturated rings.